The molecule has 0 bridgehead atoms. The zero-order valence-corrected chi connectivity index (χ0v) is 9.10. The Morgan fingerprint density at radius 3 is 2.50 bits per heavy atom. The van der Waals surface area contributed by atoms with Gasteiger partial charge in [0.1, 0.15) is 0 Å². The fourth-order valence-electron chi connectivity index (χ4n) is 0.885. The SMILES string of the molecule is CC(C)NC(=O)NSc1ccccc1. The summed E-state index contributed by atoms with van der Waals surface area (Å²) in [7, 11) is 0. The average molecular weight is 210 g/mol. The molecule has 0 aliphatic heterocycles. The summed E-state index contributed by atoms with van der Waals surface area (Å²) in [6.07, 6.45) is 0. The molecule has 2 amide bonds. The fourth-order valence-corrected chi connectivity index (χ4v) is 1.45. The van der Waals surface area contributed by atoms with Crippen molar-refractivity contribution in [3.05, 3.63) is 30.3 Å². The number of hydrogen-bond donors (Lipinski definition) is 2. The van der Waals surface area contributed by atoms with E-state index < -0.39 is 0 Å². The number of nitrogens with one attached hydrogen (secondary N) is 2. The van der Waals surface area contributed by atoms with Crippen LogP contribution in [0.5, 0.6) is 0 Å². The zero-order valence-electron chi connectivity index (χ0n) is 8.28. The first-order valence-corrected chi connectivity index (χ1v) is 5.28. The van der Waals surface area contributed by atoms with E-state index in [0.29, 0.717) is 0 Å². The quantitative estimate of drug-likeness (QED) is 0.752. The largest absolute Gasteiger partial charge is 0.335 e. The Hall–Kier alpha value is -1.16. The molecule has 1 aromatic rings. The summed E-state index contributed by atoms with van der Waals surface area (Å²) in [4.78, 5) is 12.2. The first-order valence-electron chi connectivity index (χ1n) is 4.47. The average Bonchev–Trinajstić information content (AvgIpc) is 2.15. The molecule has 76 valence electrons. The van der Waals surface area contributed by atoms with Crippen LogP contribution < -0.4 is 10.0 Å². The highest BCUT2D eigenvalue weighted by atomic mass is 32.2. The molecule has 1 aromatic carbocycles. The van der Waals surface area contributed by atoms with E-state index in [1.54, 1.807) is 0 Å². The molecular weight excluding hydrogens is 196 g/mol. The Bertz CT molecular complexity index is 287. The lowest BCUT2D eigenvalue weighted by Crippen LogP contribution is -2.36. The van der Waals surface area contributed by atoms with Crippen LogP contribution in [-0.2, 0) is 0 Å². The molecule has 0 unspecified atom stereocenters. The molecular formula is C10H14N2OS. The third kappa shape index (κ3) is 4.18. The molecule has 14 heavy (non-hydrogen) atoms. The number of amides is 2. The van der Waals surface area contributed by atoms with Gasteiger partial charge >= 0.3 is 6.03 Å². The van der Waals surface area contributed by atoms with Crippen LogP contribution in [0.3, 0.4) is 0 Å². The van der Waals surface area contributed by atoms with Gasteiger partial charge in [0.25, 0.3) is 0 Å². The Labute approximate surface area is 88.4 Å². The molecule has 0 atom stereocenters. The molecule has 3 nitrogen and oxygen atoms in total. The molecule has 0 fully saturated rings. The van der Waals surface area contributed by atoms with Crippen LogP contribution in [0.15, 0.2) is 35.2 Å². The maximum absolute atomic E-state index is 11.2. The zero-order chi connectivity index (χ0) is 10.4. The smallest absolute Gasteiger partial charge is 0.325 e. The molecule has 0 radical (unpaired) electrons. The van der Waals surface area contributed by atoms with E-state index in [1.807, 2.05) is 44.2 Å². The minimum Gasteiger partial charge on any atom is -0.335 e. The second kappa shape index (κ2) is 5.54. The number of urea groups is 1. The maximum atomic E-state index is 11.2. The molecule has 4 heteroatoms. The molecule has 0 heterocycles. The van der Waals surface area contributed by atoms with Crippen molar-refractivity contribution in [1.82, 2.24) is 10.0 Å². The number of carbonyl (C=O) groups is 1. The van der Waals surface area contributed by atoms with Gasteiger partial charge in [-0.15, -0.1) is 0 Å². The van der Waals surface area contributed by atoms with E-state index in [9.17, 15) is 4.79 Å². The summed E-state index contributed by atoms with van der Waals surface area (Å²) < 4.78 is 2.70. The van der Waals surface area contributed by atoms with Crippen molar-refractivity contribution in [2.75, 3.05) is 0 Å². The highest BCUT2D eigenvalue weighted by Crippen LogP contribution is 2.12. The van der Waals surface area contributed by atoms with Crippen LogP contribution in [0, 0.1) is 0 Å². The van der Waals surface area contributed by atoms with E-state index in [2.05, 4.69) is 10.0 Å². The van der Waals surface area contributed by atoms with Gasteiger partial charge in [0.05, 0.1) is 0 Å². The Kier molecular flexibility index (Phi) is 4.32. The highest BCUT2D eigenvalue weighted by Gasteiger charge is 2.01. The van der Waals surface area contributed by atoms with E-state index in [0.717, 1.165) is 4.90 Å². The summed E-state index contributed by atoms with van der Waals surface area (Å²) in [6.45, 7) is 3.85. The second-order valence-corrected chi connectivity index (χ2v) is 4.02. The fraction of sp³-hybridized carbons (Fsp3) is 0.300. The van der Waals surface area contributed by atoms with Crippen LogP contribution in [0.25, 0.3) is 0 Å². The Balaban J connectivity index is 2.31. The predicted octanol–water partition coefficient (Wildman–Crippen LogP) is 2.40. The van der Waals surface area contributed by atoms with Crippen LogP contribution in [0.2, 0.25) is 0 Å². The van der Waals surface area contributed by atoms with Crippen molar-refractivity contribution in [2.24, 2.45) is 0 Å². The van der Waals surface area contributed by atoms with Gasteiger partial charge < -0.3 is 5.32 Å². The van der Waals surface area contributed by atoms with Gasteiger partial charge in [0, 0.05) is 10.9 Å². The normalized spacial score (nSPS) is 9.93. The second-order valence-electron chi connectivity index (χ2n) is 3.15. The molecule has 0 aromatic heterocycles. The summed E-state index contributed by atoms with van der Waals surface area (Å²) in [5.41, 5.74) is 0. The van der Waals surface area contributed by atoms with Crippen LogP contribution in [0.1, 0.15) is 13.8 Å². The molecule has 0 saturated carbocycles. The molecule has 0 aliphatic carbocycles. The predicted molar refractivity (Wildman–Crippen MR) is 59.1 cm³/mol. The monoisotopic (exact) mass is 210 g/mol. The van der Waals surface area contributed by atoms with Gasteiger partial charge in [0.2, 0.25) is 0 Å². The molecule has 2 N–H and O–H groups in total. The first-order chi connectivity index (χ1) is 6.68. The topological polar surface area (TPSA) is 41.1 Å². The van der Waals surface area contributed by atoms with Gasteiger partial charge in [-0.25, -0.2) is 4.79 Å². The van der Waals surface area contributed by atoms with Crippen molar-refractivity contribution < 1.29 is 4.79 Å². The summed E-state index contributed by atoms with van der Waals surface area (Å²) >= 11 is 1.31. The van der Waals surface area contributed by atoms with Crippen molar-refractivity contribution >= 4 is 18.0 Å². The highest BCUT2D eigenvalue weighted by molar-refractivity contribution is 7.98. The van der Waals surface area contributed by atoms with Crippen molar-refractivity contribution in [1.29, 1.82) is 0 Å². The minimum absolute atomic E-state index is 0.158. The molecule has 1 rings (SSSR count). The van der Waals surface area contributed by atoms with Crippen LogP contribution in [-0.4, -0.2) is 12.1 Å². The van der Waals surface area contributed by atoms with Gasteiger partial charge in [-0.1, -0.05) is 18.2 Å². The minimum atomic E-state index is -0.158. The van der Waals surface area contributed by atoms with Gasteiger partial charge in [-0.3, -0.25) is 4.72 Å². The number of hydrogen-bond acceptors (Lipinski definition) is 2. The molecule has 0 spiro atoms. The van der Waals surface area contributed by atoms with Crippen molar-refractivity contribution in [3.8, 4) is 0 Å². The maximum Gasteiger partial charge on any atom is 0.325 e. The van der Waals surface area contributed by atoms with E-state index in [1.165, 1.54) is 11.9 Å². The lowest BCUT2D eigenvalue weighted by atomic mass is 10.4. The first kappa shape index (κ1) is 10.9. The Morgan fingerprint density at radius 1 is 1.29 bits per heavy atom. The number of benzene rings is 1. The summed E-state index contributed by atoms with van der Waals surface area (Å²) in [5.74, 6) is 0. The van der Waals surface area contributed by atoms with E-state index >= 15 is 0 Å². The van der Waals surface area contributed by atoms with Crippen LogP contribution >= 0.6 is 11.9 Å². The third-order valence-electron chi connectivity index (χ3n) is 1.42. The Morgan fingerprint density at radius 2 is 1.93 bits per heavy atom. The lowest BCUT2D eigenvalue weighted by molar-refractivity contribution is 0.244. The summed E-state index contributed by atoms with van der Waals surface area (Å²) in [6, 6.07) is 9.70. The van der Waals surface area contributed by atoms with Crippen LogP contribution in [0.4, 0.5) is 4.79 Å². The van der Waals surface area contributed by atoms with E-state index in [4.69, 9.17) is 0 Å². The number of carbonyl (C=O) groups excluding carboxylic acids is 1. The standard InChI is InChI=1S/C10H14N2OS/c1-8(2)11-10(13)12-14-9-6-4-3-5-7-9/h3-8H,1-2H3,(H2,11,12,13). The number of rotatable bonds is 3. The third-order valence-corrected chi connectivity index (χ3v) is 2.22. The molecule has 0 aliphatic rings. The summed E-state index contributed by atoms with van der Waals surface area (Å²) in [5, 5.41) is 2.74. The van der Waals surface area contributed by atoms with Crippen molar-refractivity contribution in [3.63, 3.8) is 0 Å². The molecule has 0 saturated heterocycles. The van der Waals surface area contributed by atoms with Gasteiger partial charge in [0.15, 0.2) is 0 Å². The van der Waals surface area contributed by atoms with Gasteiger partial charge in [-0.2, -0.15) is 0 Å². The van der Waals surface area contributed by atoms with Crippen molar-refractivity contribution in [2.45, 2.75) is 24.8 Å². The lowest BCUT2D eigenvalue weighted by Gasteiger charge is -2.08. The van der Waals surface area contributed by atoms with Gasteiger partial charge in [-0.05, 0) is 37.9 Å². The van der Waals surface area contributed by atoms with E-state index in [-0.39, 0.29) is 12.1 Å².